The molecule has 0 aliphatic carbocycles. The highest BCUT2D eigenvalue weighted by atomic mass is 16.7. The van der Waals surface area contributed by atoms with Crippen LogP contribution in [0.25, 0.3) is 0 Å². The van der Waals surface area contributed by atoms with Crippen molar-refractivity contribution in [1.82, 2.24) is 0 Å². The van der Waals surface area contributed by atoms with E-state index in [2.05, 4.69) is 9.47 Å². The van der Waals surface area contributed by atoms with Gasteiger partial charge in [-0.1, -0.05) is 19.4 Å². The number of unbranched alkanes of at least 4 members (excludes halogenated alkanes) is 1. The Kier molecular flexibility index (Phi) is 11.0. The van der Waals surface area contributed by atoms with Gasteiger partial charge in [0.1, 0.15) is 6.04 Å². The van der Waals surface area contributed by atoms with Gasteiger partial charge >= 0.3 is 24.2 Å². The summed E-state index contributed by atoms with van der Waals surface area (Å²) >= 11 is 0. The van der Waals surface area contributed by atoms with Crippen molar-refractivity contribution >= 4 is 24.2 Å². The highest BCUT2D eigenvalue weighted by molar-refractivity contribution is 5.75. The number of rotatable bonds is 11. The minimum Gasteiger partial charge on any atom is -0.480 e. The van der Waals surface area contributed by atoms with E-state index in [1.54, 1.807) is 6.92 Å². The van der Waals surface area contributed by atoms with Gasteiger partial charge in [-0.05, 0) is 37.5 Å². The number of carboxylic acids is 1. The topological polar surface area (TPSA) is 161 Å². The lowest BCUT2D eigenvalue weighted by Gasteiger charge is -2.25. The van der Waals surface area contributed by atoms with Crippen LogP contribution >= 0.6 is 0 Å². The second kappa shape index (κ2) is 13.2. The maximum Gasteiger partial charge on any atom is 0.513 e. The van der Waals surface area contributed by atoms with Crippen molar-refractivity contribution in [2.45, 2.75) is 57.6 Å². The number of nitrogens with two attached hydrogens (primary N) is 1. The van der Waals surface area contributed by atoms with E-state index in [4.69, 9.17) is 19.9 Å². The Labute approximate surface area is 185 Å². The third-order valence-electron chi connectivity index (χ3n) is 4.49. The predicted octanol–water partition coefficient (Wildman–Crippen LogP) is 2.98. The van der Waals surface area contributed by atoms with Gasteiger partial charge in [0.2, 0.25) is 0 Å². The molecule has 32 heavy (non-hydrogen) atoms. The van der Waals surface area contributed by atoms with Crippen LogP contribution in [-0.4, -0.2) is 55.7 Å². The first-order chi connectivity index (χ1) is 15.1. The molecule has 0 saturated carbocycles. The second-order valence-corrected chi connectivity index (χ2v) is 6.93. The zero-order valence-electron chi connectivity index (χ0n) is 18.5. The summed E-state index contributed by atoms with van der Waals surface area (Å²) < 4.78 is 24.2. The molecule has 3 atom stereocenters. The fraction of sp³-hybridized carbons (Fsp3) is 0.524. The minimum atomic E-state index is -1.36. The SMILES string of the molecule is CCCCC(=O)OC(C)CC(c1ccc(OC(=O)OC)c(OC(=O)OC)c1)[C@H](N)C(=O)O. The van der Waals surface area contributed by atoms with Gasteiger partial charge in [0.05, 0.1) is 20.3 Å². The number of carbonyl (C=O) groups excluding carboxylic acids is 3. The van der Waals surface area contributed by atoms with Crippen molar-refractivity contribution in [2.75, 3.05) is 14.2 Å². The normalized spacial score (nSPS) is 13.3. The summed E-state index contributed by atoms with van der Waals surface area (Å²) in [6, 6.07) is 2.70. The molecule has 1 aromatic rings. The number of ether oxygens (including phenoxy) is 5. The number of hydrogen-bond acceptors (Lipinski definition) is 10. The standard InChI is InChI=1S/C21H29NO10/c1-5-6-7-17(23)30-12(2)10-14(18(22)19(24)25)13-8-9-15(31-20(26)28-3)16(11-13)32-21(27)29-4/h8-9,11-12,14,18H,5-7,10,22H2,1-4H3,(H,24,25)/t12?,14?,18-/m0/s1. The van der Waals surface area contributed by atoms with Crippen molar-refractivity contribution in [3.8, 4) is 11.5 Å². The number of aliphatic carboxylic acids is 1. The van der Waals surface area contributed by atoms with Gasteiger partial charge in [-0.2, -0.15) is 0 Å². The van der Waals surface area contributed by atoms with Crippen LogP contribution in [0.5, 0.6) is 11.5 Å². The van der Waals surface area contributed by atoms with Crippen molar-refractivity contribution in [1.29, 1.82) is 0 Å². The lowest BCUT2D eigenvalue weighted by atomic mass is 9.87. The molecule has 0 saturated heterocycles. The first-order valence-corrected chi connectivity index (χ1v) is 9.96. The maximum absolute atomic E-state index is 11.9. The van der Waals surface area contributed by atoms with Crippen LogP contribution in [0.1, 0.15) is 51.0 Å². The number of hydrogen-bond donors (Lipinski definition) is 2. The number of carbonyl (C=O) groups is 4. The number of benzene rings is 1. The Morgan fingerprint density at radius 2 is 1.62 bits per heavy atom. The quantitative estimate of drug-likeness (QED) is 0.287. The molecule has 0 fully saturated rings. The third-order valence-corrected chi connectivity index (χ3v) is 4.49. The number of esters is 1. The van der Waals surface area contributed by atoms with E-state index in [9.17, 15) is 24.3 Å². The molecule has 0 amide bonds. The van der Waals surface area contributed by atoms with Gasteiger partial charge < -0.3 is 34.5 Å². The molecule has 0 aliphatic rings. The molecule has 0 heterocycles. The first-order valence-electron chi connectivity index (χ1n) is 9.96. The summed E-state index contributed by atoms with van der Waals surface area (Å²) in [5, 5.41) is 9.46. The van der Waals surface area contributed by atoms with E-state index in [0.717, 1.165) is 20.6 Å². The first kappa shape index (κ1) is 26.7. The molecule has 11 nitrogen and oxygen atoms in total. The summed E-state index contributed by atoms with van der Waals surface area (Å²) in [7, 11) is 2.19. The lowest BCUT2D eigenvalue weighted by Crippen LogP contribution is -2.38. The van der Waals surface area contributed by atoms with E-state index >= 15 is 0 Å². The Hall–Kier alpha value is -3.34. The van der Waals surface area contributed by atoms with E-state index in [1.807, 2.05) is 6.92 Å². The molecule has 2 unspecified atom stereocenters. The smallest absolute Gasteiger partial charge is 0.480 e. The summed E-state index contributed by atoms with van der Waals surface area (Å²) in [4.78, 5) is 46.6. The van der Waals surface area contributed by atoms with E-state index < -0.39 is 42.3 Å². The molecule has 0 spiro atoms. The van der Waals surface area contributed by atoms with E-state index in [1.165, 1.54) is 18.2 Å². The molecular formula is C21H29NO10. The minimum absolute atomic E-state index is 0.0835. The summed E-state index contributed by atoms with van der Waals surface area (Å²) in [6.45, 7) is 3.58. The summed E-state index contributed by atoms with van der Waals surface area (Å²) in [5.74, 6) is -2.86. The highest BCUT2D eigenvalue weighted by Crippen LogP contribution is 2.35. The van der Waals surface area contributed by atoms with Gasteiger partial charge in [0.25, 0.3) is 0 Å². The van der Waals surface area contributed by atoms with Crippen LogP contribution in [0.15, 0.2) is 18.2 Å². The van der Waals surface area contributed by atoms with Crippen LogP contribution in [0, 0.1) is 0 Å². The summed E-state index contributed by atoms with van der Waals surface area (Å²) in [6.07, 6.45) is -0.926. The molecule has 0 bridgehead atoms. The van der Waals surface area contributed by atoms with Crippen LogP contribution in [-0.2, 0) is 23.8 Å². The molecule has 178 valence electrons. The Morgan fingerprint density at radius 1 is 1.03 bits per heavy atom. The second-order valence-electron chi connectivity index (χ2n) is 6.93. The number of carboxylic acid groups (broad SMARTS) is 1. The van der Waals surface area contributed by atoms with Gasteiger partial charge in [-0.15, -0.1) is 0 Å². The van der Waals surface area contributed by atoms with Crippen LogP contribution in [0.4, 0.5) is 9.59 Å². The number of methoxy groups -OCH3 is 2. The Morgan fingerprint density at radius 3 is 2.16 bits per heavy atom. The van der Waals surface area contributed by atoms with Crippen molar-refractivity contribution in [2.24, 2.45) is 5.73 Å². The van der Waals surface area contributed by atoms with Gasteiger partial charge in [-0.25, -0.2) is 9.59 Å². The molecule has 0 radical (unpaired) electrons. The Balaban J connectivity index is 3.23. The molecule has 11 heteroatoms. The molecule has 0 aromatic heterocycles. The van der Waals surface area contributed by atoms with Crippen molar-refractivity contribution in [3.63, 3.8) is 0 Å². The van der Waals surface area contributed by atoms with E-state index in [0.29, 0.717) is 12.0 Å². The lowest BCUT2D eigenvalue weighted by molar-refractivity contribution is -0.149. The molecule has 1 rings (SSSR count). The van der Waals surface area contributed by atoms with Crippen molar-refractivity contribution in [3.05, 3.63) is 23.8 Å². The fourth-order valence-electron chi connectivity index (χ4n) is 2.85. The monoisotopic (exact) mass is 455 g/mol. The van der Waals surface area contributed by atoms with Crippen molar-refractivity contribution < 1.29 is 48.0 Å². The van der Waals surface area contributed by atoms with Crippen LogP contribution in [0.3, 0.4) is 0 Å². The zero-order valence-corrected chi connectivity index (χ0v) is 18.5. The molecule has 3 N–H and O–H groups in total. The molecule has 1 aromatic carbocycles. The van der Waals surface area contributed by atoms with Gasteiger partial charge in [0.15, 0.2) is 11.5 Å². The third kappa shape index (κ3) is 8.42. The average Bonchev–Trinajstić information content (AvgIpc) is 2.76. The predicted molar refractivity (Wildman–Crippen MR) is 111 cm³/mol. The van der Waals surface area contributed by atoms with Gasteiger partial charge in [-0.3, -0.25) is 9.59 Å². The highest BCUT2D eigenvalue weighted by Gasteiger charge is 2.30. The Bertz CT molecular complexity index is 810. The largest absolute Gasteiger partial charge is 0.513 e. The molecule has 0 aliphatic heterocycles. The van der Waals surface area contributed by atoms with E-state index in [-0.39, 0.29) is 24.3 Å². The van der Waals surface area contributed by atoms with Crippen LogP contribution < -0.4 is 15.2 Å². The van der Waals surface area contributed by atoms with Crippen LogP contribution in [0.2, 0.25) is 0 Å². The van der Waals surface area contributed by atoms with Gasteiger partial charge in [0, 0.05) is 12.3 Å². The zero-order chi connectivity index (χ0) is 24.3. The molecular weight excluding hydrogens is 426 g/mol. The fourth-order valence-corrected chi connectivity index (χ4v) is 2.85. The summed E-state index contributed by atoms with van der Waals surface area (Å²) in [5.41, 5.74) is 6.25. The maximum atomic E-state index is 11.9. The average molecular weight is 455 g/mol.